The van der Waals surface area contributed by atoms with Crippen molar-refractivity contribution in [2.75, 3.05) is 26.2 Å². The van der Waals surface area contributed by atoms with Crippen LogP contribution in [0, 0.1) is 11.8 Å². The summed E-state index contributed by atoms with van der Waals surface area (Å²) in [6.45, 7) is 3.75. The van der Waals surface area contributed by atoms with E-state index < -0.39 is 0 Å². The number of likely N-dealkylation sites (tertiary alicyclic amines) is 1. The minimum atomic E-state index is 0. The number of carbonyl (C=O) groups excluding carboxylic acids is 1. The van der Waals surface area contributed by atoms with Crippen LogP contribution in [0.2, 0.25) is 0 Å². The highest BCUT2D eigenvalue weighted by Crippen LogP contribution is 2.27. The molecule has 2 fully saturated rings. The number of carbonyl (C=O) groups is 1. The van der Waals surface area contributed by atoms with Crippen molar-refractivity contribution in [3.05, 3.63) is 46.7 Å². The third-order valence-electron chi connectivity index (χ3n) is 4.56. The summed E-state index contributed by atoms with van der Waals surface area (Å²) < 4.78 is 2.74. The number of aromatic nitrogens is 2. The maximum absolute atomic E-state index is 12.6. The predicted octanol–water partition coefficient (Wildman–Crippen LogP) is 2.35. The van der Waals surface area contributed by atoms with Crippen LogP contribution in [0.1, 0.15) is 10.5 Å². The van der Waals surface area contributed by atoms with Crippen LogP contribution in [0.5, 0.6) is 0 Å². The summed E-state index contributed by atoms with van der Waals surface area (Å²) in [5, 5.41) is 7.84. The molecular weight excluding hydrogens is 380 g/mol. The number of hydrogen-bond donors (Lipinski definition) is 1. The quantitative estimate of drug-likeness (QED) is 0.846. The summed E-state index contributed by atoms with van der Waals surface area (Å²) in [7, 11) is 0. The van der Waals surface area contributed by atoms with Crippen LogP contribution in [0.4, 0.5) is 0 Å². The Morgan fingerprint density at radius 2 is 1.96 bits per heavy atom. The van der Waals surface area contributed by atoms with E-state index in [9.17, 15) is 4.79 Å². The normalized spacial score (nSPS) is 22.7. The number of fused-ring (bicyclic) bond motifs is 1. The second kappa shape index (κ2) is 6.63. The largest absolute Gasteiger partial charge is 0.337 e. The fourth-order valence-electron chi connectivity index (χ4n) is 3.38. The maximum atomic E-state index is 12.6. The average molecular weight is 398 g/mol. The van der Waals surface area contributed by atoms with E-state index >= 15 is 0 Å². The van der Waals surface area contributed by atoms with Crippen LogP contribution < -0.4 is 5.32 Å². The first-order valence-electron chi connectivity index (χ1n) is 7.52. The Hall–Kier alpha value is -1.37. The highest BCUT2D eigenvalue weighted by Gasteiger charge is 2.38. The summed E-state index contributed by atoms with van der Waals surface area (Å²) in [6, 6.07) is 9.67. The van der Waals surface area contributed by atoms with E-state index in [0.717, 1.165) is 36.3 Å². The van der Waals surface area contributed by atoms with E-state index in [1.807, 2.05) is 35.4 Å². The number of hydrogen-bond acceptors (Lipinski definition) is 3. The second-order valence-corrected chi connectivity index (χ2v) is 6.93. The van der Waals surface area contributed by atoms with Crippen molar-refractivity contribution in [1.82, 2.24) is 20.0 Å². The number of halogens is 2. The summed E-state index contributed by atoms with van der Waals surface area (Å²) in [5.74, 6) is 1.26. The molecule has 23 heavy (non-hydrogen) atoms. The number of amides is 1. The van der Waals surface area contributed by atoms with Gasteiger partial charge in [-0.25, -0.2) is 4.68 Å². The first-order valence-corrected chi connectivity index (χ1v) is 8.31. The number of rotatable bonds is 2. The average Bonchev–Trinajstić information content (AvgIpc) is 3.22. The molecule has 2 aliphatic heterocycles. The highest BCUT2D eigenvalue weighted by atomic mass is 79.9. The molecule has 2 atom stereocenters. The fourth-order valence-corrected chi connectivity index (χ4v) is 3.77. The topological polar surface area (TPSA) is 50.2 Å². The molecule has 0 radical (unpaired) electrons. The van der Waals surface area contributed by atoms with Crippen LogP contribution in [-0.2, 0) is 0 Å². The lowest BCUT2D eigenvalue weighted by Gasteiger charge is -2.15. The van der Waals surface area contributed by atoms with E-state index in [4.69, 9.17) is 0 Å². The Kier molecular flexibility index (Phi) is 4.75. The standard InChI is InChI=1S/C16H17BrN4O.ClH/c17-13-2-1-3-14(6-13)21-5-4-15(19-21)16(22)20-9-11-7-18-8-12(11)10-20;/h1-6,11-12,18H,7-10H2;1H/t11-,12+;. The molecule has 1 aromatic heterocycles. The van der Waals surface area contributed by atoms with Gasteiger partial charge in [0.1, 0.15) is 0 Å². The zero-order valence-electron chi connectivity index (χ0n) is 12.5. The lowest BCUT2D eigenvalue weighted by Crippen LogP contribution is -2.32. The molecule has 4 rings (SSSR count). The Morgan fingerprint density at radius 3 is 2.65 bits per heavy atom. The van der Waals surface area contributed by atoms with Crippen molar-refractivity contribution in [3.63, 3.8) is 0 Å². The molecule has 0 aliphatic carbocycles. The predicted molar refractivity (Wildman–Crippen MR) is 94.3 cm³/mol. The van der Waals surface area contributed by atoms with E-state index in [1.165, 1.54) is 0 Å². The molecule has 3 heterocycles. The van der Waals surface area contributed by atoms with Gasteiger partial charge in [-0.1, -0.05) is 22.0 Å². The van der Waals surface area contributed by atoms with Crippen molar-refractivity contribution in [2.45, 2.75) is 0 Å². The molecule has 2 saturated heterocycles. The van der Waals surface area contributed by atoms with Crippen molar-refractivity contribution >= 4 is 34.2 Å². The van der Waals surface area contributed by atoms with Gasteiger partial charge in [-0.15, -0.1) is 12.4 Å². The molecule has 0 saturated carbocycles. The van der Waals surface area contributed by atoms with E-state index in [1.54, 1.807) is 10.7 Å². The van der Waals surface area contributed by atoms with Gasteiger partial charge in [0.25, 0.3) is 5.91 Å². The Morgan fingerprint density at radius 1 is 1.22 bits per heavy atom. The van der Waals surface area contributed by atoms with E-state index in [0.29, 0.717) is 17.5 Å². The zero-order chi connectivity index (χ0) is 15.1. The molecule has 2 aliphatic rings. The smallest absolute Gasteiger partial charge is 0.274 e. The van der Waals surface area contributed by atoms with E-state index in [2.05, 4.69) is 26.3 Å². The van der Waals surface area contributed by atoms with Gasteiger partial charge in [-0.2, -0.15) is 5.10 Å². The van der Waals surface area contributed by atoms with Crippen LogP contribution in [0.25, 0.3) is 5.69 Å². The number of nitrogens with zero attached hydrogens (tertiary/aromatic N) is 3. The lowest BCUT2D eigenvalue weighted by molar-refractivity contribution is 0.0775. The minimum Gasteiger partial charge on any atom is -0.337 e. The molecule has 2 aromatic rings. The van der Waals surface area contributed by atoms with Crippen LogP contribution in [-0.4, -0.2) is 46.8 Å². The summed E-state index contributed by atoms with van der Waals surface area (Å²) in [4.78, 5) is 14.6. The third-order valence-corrected chi connectivity index (χ3v) is 5.05. The molecule has 5 nitrogen and oxygen atoms in total. The Bertz CT molecular complexity index is 708. The Labute approximate surface area is 149 Å². The van der Waals surface area contributed by atoms with Gasteiger partial charge in [-0.05, 0) is 36.1 Å². The van der Waals surface area contributed by atoms with Crippen molar-refractivity contribution in [3.8, 4) is 5.69 Å². The van der Waals surface area contributed by atoms with Gasteiger partial charge in [0, 0.05) is 36.8 Å². The first-order chi connectivity index (χ1) is 10.7. The summed E-state index contributed by atoms with van der Waals surface area (Å²) in [5.41, 5.74) is 1.46. The van der Waals surface area contributed by atoms with Crippen LogP contribution in [0.15, 0.2) is 41.0 Å². The van der Waals surface area contributed by atoms with Gasteiger partial charge in [0.15, 0.2) is 5.69 Å². The maximum Gasteiger partial charge on any atom is 0.274 e. The van der Waals surface area contributed by atoms with Gasteiger partial charge >= 0.3 is 0 Å². The summed E-state index contributed by atoms with van der Waals surface area (Å²) in [6.07, 6.45) is 1.84. The van der Waals surface area contributed by atoms with Gasteiger partial charge < -0.3 is 10.2 Å². The molecule has 1 N–H and O–H groups in total. The number of benzene rings is 1. The molecule has 0 bridgehead atoms. The first kappa shape index (κ1) is 16.5. The lowest BCUT2D eigenvalue weighted by atomic mass is 10.0. The second-order valence-electron chi connectivity index (χ2n) is 6.01. The van der Waals surface area contributed by atoms with Crippen LogP contribution in [0.3, 0.4) is 0 Å². The van der Waals surface area contributed by atoms with Gasteiger partial charge in [-0.3, -0.25) is 4.79 Å². The van der Waals surface area contributed by atoms with Crippen molar-refractivity contribution in [2.24, 2.45) is 11.8 Å². The van der Waals surface area contributed by atoms with Crippen molar-refractivity contribution in [1.29, 1.82) is 0 Å². The molecule has 0 spiro atoms. The zero-order valence-corrected chi connectivity index (χ0v) is 14.9. The molecule has 122 valence electrons. The van der Waals surface area contributed by atoms with Crippen LogP contribution >= 0.6 is 28.3 Å². The molecule has 1 amide bonds. The van der Waals surface area contributed by atoms with Gasteiger partial charge in [0.2, 0.25) is 0 Å². The molecule has 7 heteroatoms. The monoisotopic (exact) mass is 396 g/mol. The Balaban J connectivity index is 0.00000156. The van der Waals surface area contributed by atoms with Crippen molar-refractivity contribution < 1.29 is 4.79 Å². The minimum absolute atomic E-state index is 0. The van der Waals surface area contributed by atoms with Gasteiger partial charge in [0.05, 0.1) is 5.69 Å². The molecule has 0 unspecified atom stereocenters. The number of nitrogens with one attached hydrogen (secondary N) is 1. The fraction of sp³-hybridized carbons (Fsp3) is 0.375. The summed E-state index contributed by atoms with van der Waals surface area (Å²) >= 11 is 3.45. The van der Waals surface area contributed by atoms with E-state index in [-0.39, 0.29) is 18.3 Å². The third kappa shape index (κ3) is 3.16. The highest BCUT2D eigenvalue weighted by molar-refractivity contribution is 9.10. The molecule has 1 aromatic carbocycles. The molecular formula is C16H18BrClN4O. The SMILES string of the molecule is Cl.O=C(c1ccn(-c2cccc(Br)c2)n1)N1C[C@H]2CNC[C@H]2C1.